The number of hydrogen-bond acceptors (Lipinski definition) is 5. The van der Waals surface area contributed by atoms with Crippen molar-refractivity contribution >= 4 is 5.91 Å². The summed E-state index contributed by atoms with van der Waals surface area (Å²) in [5.41, 5.74) is -1.14. The van der Waals surface area contributed by atoms with Gasteiger partial charge in [0.05, 0.1) is 12.1 Å². The van der Waals surface area contributed by atoms with Gasteiger partial charge < -0.3 is 9.63 Å². The van der Waals surface area contributed by atoms with E-state index < -0.39 is 17.1 Å². The van der Waals surface area contributed by atoms with Crippen LogP contribution in [0, 0.1) is 6.92 Å². The van der Waals surface area contributed by atoms with E-state index in [1.165, 1.54) is 6.07 Å². The van der Waals surface area contributed by atoms with Crippen LogP contribution in [0.25, 0.3) is 0 Å². The van der Waals surface area contributed by atoms with E-state index in [9.17, 15) is 14.7 Å². The van der Waals surface area contributed by atoms with Crippen LogP contribution in [0.4, 0.5) is 0 Å². The number of aliphatic hydroxyl groups is 1. The quantitative estimate of drug-likeness (QED) is 0.866. The van der Waals surface area contributed by atoms with E-state index in [4.69, 9.17) is 4.52 Å². The predicted molar refractivity (Wildman–Crippen MR) is 69.2 cm³/mol. The maximum absolute atomic E-state index is 11.9. The van der Waals surface area contributed by atoms with Crippen LogP contribution in [0.5, 0.6) is 0 Å². The highest BCUT2D eigenvalue weighted by molar-refractivity contribution is 5.79. The molecule has 0 bridgehead atoms. The predicted octanol–water partition coefficient (Wildman–Crippen LogP) is 0.627. The Morgan fingerprint density at radius 3 is 2.68 bits per heavy atom. The fourth-order valence-corrected chi connectivity index (χ4v) is 2.67. The second-order valence-electron chi connectivity index (χ2n) is 5.48. The molecule has 6 nitrogen and oxygen atoms in total. The van der Waals surface area contributed by atoms with Crippen molar-refractivity contribution in [3.8, 4) is 0 Å². The van der Waals surface area contributed by atoms with Gasteiger partial charge in [-0.2, -0.15) is 0 Å². The van der Waals surface area contributed by atoms with Crippen LogP contribution in [-0.4, -0.2) is 46.4 Å². The van der Waals surface area contributed by atoms with Crippen molar-refractivity contribution < 1.29 is 14.4 Å². The molecule has 106 valence electrons. The number of carbonyl (C=O) groups excluding carboxylic acids is 1. The van der Waals surface area contributed by atoms with Gasteiger partial charge in [-0.25, -0.2) is 0 Å². The van der Waals surface area contributed by atoms with Crippen molar-refractivity contribution in [2.75, 3.05) is 20.1 Å². The molecule has 0 saturated heterocycles. The summed E-state index contributed by atoms with van der Waals surface area (Å²) in [7, 11) is 1.76. The van der Waals surface area contributed by atoms with Crippen molar-refractivity contribution in [3.05, 3.63) is 22.2 Å². The summed E-state index contributed by atoms with van der Waals surface area (Å²) in [4.78, 5) is 25.1. The Hall–Kier alpha value is -1.40. The topological polar surface area (TPSA) is 75.7 Å². The molecule has 0 amide bonds. The van der Waals surface area contributed by atoms with E-state index in [2.05, 4.69) is 0 Å². The summed E-state index contributed by atoms with van der Waals surface area (Å²) in [5.74, 6) is -0.00220. The Bertz CT molecular complexity index is 511. The van der Waals surface area contributed by atoms with Crippen LogP contribution in [0.2, 0.25) is 0 Å². The fraction of sp³-hybridized carbons (Fsp3) is 0.692. The Morgan fingerprint density at radius 2 is 2.16 bits per heavy atom. The molecular weight excluding hydrogens is 248 g/mol. The molecule has 1 aromatic heterocycles. The Morgan fingerprint density at radius 1 is 1.53 bits per heavy atom. The third kappa shape index (κ3) is 3.33. The number of aryl methyl sites for hydroxylation is 1. The van der Waals surface area contributed by atoms with Gasteiger partial charge in [-0.1, -0.05) is 12.8 Å². The van der Waals surface area contributed by atoms with Gasteiger partial charge >= 0.3 is 0 Å². The van der Waals surface area contributed by atoms with Gasteiger partial charge in [-0.15, -0.1) is 4.74 Å². The van der Waals surface area contributed by atoms with Gasteiger partial charge in [-0.05, 0) is 26.8 Å². The van der Waals surface area contributed by atoms with Crippen molar-refractivity contribution in [2.45, 2.75) is 38.2 Å². The molecule has 1 heterocycles. The lowest BCUT2D eigenvalue weighted by Crippen LogP contribution is -2.42. The van der Waals surface area contributed by atoms with Crippen LogP contribution >= 0.6 is 0 Å². The van der Waals surface area contributed by atoms with Crippen LogP contribution in [0.3, 0.4) is 0 Å². The van der Waals surface area contributed by atoms with Gasteiger partial charge in [0.2, 0.25) is 0 Å². The molecular formula is C13H20N2O4. The summed E-state index contributed by atoms with van der Waals surface area (Å²) in [6, 6.07) is 1.28. The van der Waals surface area contributed by atoms with Crippen molar-refractivity contribution in [1.82, 2.24) is 9.64 Å². The first kappa shape index (κ1) is 14.0. The monoisotopic (exact) mass is 268 g/mol. The number of carbonyl (C=O) groups is 1. The van der Waals surface area contributed by atoms with E-state index in [-0.39, 0.29) is 6.54 Å². The number of rotatable bonds is 4. The standard InChI is InChI=1S/C13H20N2O4/c1-10-7-11(16)15(19-10)12(17)8-14(2)9-13(18)5-3-4-6-13/h7,18H,3-6,8-9H2,1-2H3. The van der Waals surface area contributed by atoms with E-state index in [0.717, 1.165) is 30.4 Å². The lowest BCUT2D eigenvalue weighted by molar-refractivity contribution is 0.0150. The molecule has 1 fully saturated rings. The molecule has 0 atom stereocenters. The molecule has 0 spiro atoms. The molecule has 0 radical (unpaired) electrons. The molecule has 0 aromatic carbocycles. The third-order valence-corrected chi connectivity index (χ3v) is 3.49. The molecule has 19 heavy (non-hydrogen) atoms. The molecule has 1 aliphatic carbocycles. The van der Waals surface area contributed by atoms with E-state index in [1.54, 1.807) is 18.9 Å². The minimum absolute atomic E-state index is 0.0508. The van der Waals surface area contributed by atoms with Crippen LogP contribution < -0.4 is 5.56 Å². The molecule has 0 unspecified atom stereocenters. The first-order valence-corrected chi connectivity index (χ1v) is 6.54. The van der Waals surface area contributed by atoms with Crippen molar-refractivity contribution in [1.29, 1.82) is 0 Å². The smallest absolute Gasteiger partial charge is 0.290 e. The molecule has 1 N–H and O–H groups in total. The molecule has 0 aliphatic heterocycles. The maximum atomic E-state index is 11.9. The second-order valence-corrected chi connectivity index (χ2v) is 5.48. The average Bonchev–Trinajstić information content (AvgIpc) is 2.84. The largest absolute Gasteiger partial charge is 0.389 e. The van der Waals surface area contributed by atoms with Crippen molar-refractivity contribution in [3.63, 3.8) is 0 Å². The minimum Gasteiger partial charge on any atom is -0.389 e. The average molecular weight is 268 g/mol. The van der Waals surface area contributed by atoms with Gasteiger partial charge in [-0.3, -0.25) is 14.5 Å². The highest BCUT2D eigenvalue weighted by Crippen LogP contribution is 2.29. The number of nitrogens with zero attached hydrogens (tertiary/aromatic N) is 2. The Kier molecular flexibility index (Phi) is 3.91. The number of aromatic nitrogens is 1. The van der Waals surface area contributed by atoms with Crippen LogP contribution in [-0.2, 0) is 0 Å². The molecule has 6 heteroatoms. The van der Waals surface area contributed by atoms with Crippen LogP contribution in [0.1, 0.15) is 36.2 Å². The third-order valence-electron chi connectivity index (χ3n) is 3.49. The normalized spacial score (nSPS) is 18.1. The van der Waals surface area contributed by atoms with Crippen molar-refractivity contribution in [2.24, 2.45) is 0 Å². The first-order chi connectivity index (χ1) is 8.89. The highest BCUT2D eigenvalue weighted by atomic mass is 16.5. The van der Waals surface area contributed by atoms with E-state index in [0.29, 0.717) is 12.3 Å². The fourth-order valence-electron chi connectivity index (χ4n) is 2.67. The van der Waals surface area contributed by atoms with Gasteiger partial charge in [0.1, 0.15) is 5.76 Å². The zero-order chi connectivity index (χ0) is 14.0. The number of hydrogen-bond donors (Lipinski definition) is 1. The molecule has 2 rings (SSSR count). The van der Waals surface area contributed by atoms with Crippen LogP contribution in [0.15, 0.2) is 15.4 Å². The summed E-state index contributed by atoms with van der Waals surface area (Å²) >= 11 is 0. The minimum atomic E-state index is -0.695. The summed E-state index contributed by atoms with van der Waals surface area (Å²) < 4.78 is 5.81. The van der Waals surface area contributed by atoms with Gasteiger partial charge in [0.15, 0.2) is 0 Å². The highest BCUT2D eigenvalue weighted by Gasteiger charge is 2.32. The van der Waals surface area contributed by atoms with E-state index in [1.807, 2.05) is 0 Å². The van der Waals surface area contributed by atoms with E-state index >= 15 is 0 Å². The first-order valence-electron chi connectivity index (χ1n) is 6.54. The lowest BCUT2D eigenvalue weighted by atomic mass is 10.0. The molecule has 1 aromatic rings. The number of likely N-dealkylation sites (N-methyl/N-ethyl adjacent to an activating group) is 1. The second kappa shape index (κ2) is 5.30. The zero-order valence-corrected chi connectivity index (χ0v) is 11.4. The Labute approximate surface area is 111 Å². The molecule has 1 saturated carbocycles. The van der Waals surface area contributed by atoms with Gasteiger partial charge in [0, 0.05) is 12.6 Å². The Balaban J connectivity index is 1.95. The lowest BCUT2D eigenvalue weighted by Gasteiger charge is -2.27. The summed E-state index contributed by atoms with van der Waals surface area (Å²) in [6.07, 6.45) is 3.58. The maximum Gasteiger partial charge on any atom is 0.290 e. The summed E-state index contributed by atoms with van der Waals surface area (Å²) in [5, 5.41) is 10.3. The molecule has 1 aliphatic rings. The SMILES string of the molecule is Cc1cc(=O)n(C(=O)CN(C)CC2(O)CCCC2)o1. The zero-order valence-electron chi connectivity index (χ0n) is 11.4. The van der Waals surface area contributed by atoms with Gasteiger partial charge in [0.25, 0.3) is 11.5 Å². The summed E-state index contributed by atoms with van der Waals surface area (Å²) in [6.45, 7) is 2.11.